The highest BCUT2D eigenvalue weighted by Crippen LogP contribution is 2.45. The van der Waals surface area contributed by atoms with Gasteiger partial charge in [0.25, 0.3) is 0 Å². The standard InChI is InChI=1S/C19H19FO5/c1-11(9-17(21)22)12-5-7-15(20)14(10-12)13-6-8-16(23-2)19(25-4)18(13)24-3/h5-10H,1-4H3,(H,21,22)/b11-9+. The zero-order valence-corrected chi connectivity index (χ0v) is 14.4. The second-order valence-corrected chi connectivity index (χ2v) is 5.24. The number of allylic oxidation sites excluding steroid dienone is 1. The van der Waals surface area contributed by atoms with Crippen molar-refractivity contribution in [2.24, 2.45) is 0 Å². The third-order valence-corrected chi connectivity index (χ3v) is 3.76. The Balaban J connectivity index is 2.68. The van der Waals surface area contributed by atoms with Gasteiger partial charge in [-0.15, -0.1) is 0 Å². The Bertz CT molecular complexity index is 827. The second kappa shape index (κ2) is 7.70. The molecule has 2 aromatic rings. The molecule has 0 atom stereocenters. The van der Waals surface area contributed by atoms with Gasteiger partial charge in [-0.3, -0.25) is 0 Å². The molecule has 132 valence electrons. The highest BCUT2D eigenvalue weighted by Gasteiger charge is 2.19. The van der Waals surface area contributed by atoms with Crippen LogP contribution >= 0.6 is 0 Å². The smallest absolute Gasteiger partial charge is 0.328 e. The van der Waals surface area contributed by atoms with E-state index in [1.54, 1.807) is 25.1 Å². The number of hydrogen-bond donors (Lipinski definition) is 1. The molecule has 6 heteroatoms. The van der Waals surface area contributed by atoms with Gasteiger partial charge in [-0.25, -0.2) is 9.18 Å². The Morgan fingerprint density at radius 1 is 1.00 bits per heavy atom. The summed E-state index contributed by atoms with van der Waals surface area (Å²) in [4.78, 5) is 10.9. The van der Waals surface area contributed by atoms with Crippen molar-refractivity contribution < 1.29 is 28.5 Å². The van der Waals surface area contributed by atoms with Crippen molar-refractivity contribution >= 4 is 11.5 Å². The first-order valence-electron chi connectivity index (χ1n) is 7.43. The average molecular weight is 346 g/mol. The maximum atomic E-state index is 14.5. The summed E-state index contributed by atoms with van der Waals surface area (Å²) in [5, 5.41) is 8.89. The van der Waals surface area contributed by atoms with E-state index in [0.717, 1.165) is 6.08 Å². The molecule has 0 aliphatic carbocycles. The van der Waals surface area contributed by atoms with Crippen LogP contribution in [-0.2, 0) is 4.79 Å². The van der Waals surface area contributed by atoms with Gasteiger partial charge < -0.3 is 19.3 Å². The van der Waals surface area contributed by atoms with Crippen LogP contribution in [0.15, 0.2) is 36.4 Å². The van der Waals surface area contributed by atoms with Gasteiger partial charge in [0.15, 0.2) is 11.5 Å². The van der Waals surface area contributed by atoms with Crippen LogP contribution in [0.1, 0.15) is 12.5 Å². The zero-order valence-electron chi connectivity index (χ0n) is 14.4. The first kappa shape index (κ1) is 18.3. The van der Waals surface area contributed by atoms with Gasteiger partial charge in [0.1, 0.15) is 5.82 Å². The van der Waals surface area contributed by atoms with Gasteiger partial charge in [0.05, 0.1) is 21.3 Å². The van der Waals surface area contributed by atoms with Gasteiger partial charge >= 0.3 is 5.97 Å². The lowest BCUT2D eigenvalue weighted by Crippen LogP contribution is -1.98. The fourth-order valence-electron chi connectivity index (χ4n) is 2.56. The number of rotatable bonds is 6. The first-order valence-corrected chi connectivity index (χ1v) is 7.43. The highest BCUT2D eigenvalue weighted by molar-refractivity contribution is 5.90. The molecule has 0 saturated heterocycles. The molecule has 0 aliphatic rings. The third kappa shape index (κ3) is 3.74. The largest absolute Gasteiger partial charge is 0.493 e. The molecule has 0 heterocycles. The van der Waals surface area contributed by atoms with Crippen molar-refractivity contribution in [2.75, 3.05) is 21.3 Å². The summed E-state index contributed by atoms with van der Waals surface area (Å²) < 4.78 is 30.4. The molecule has 0 amide bonds. The van der Waals surface area contributed by atoms with Crippen LogP contribution in [0.4, 0.5) is 4.39 Å². The van der Waals surface area contributed by atoms with Crippen LogP contribution in [0.25, 0.3) is 16.7 Å². The zero-order chi connectivity index (χ0) is 18.6. The molecule has 0 aromatic heterocycles. The van der Waals surface area contributed by atoms with Crippen molar-refractivity contribution in [2.45, 2.75) is 6.92 Å². The number of methoxy groups -OCH3 is 3. The molecule has 2 aromatic carbocycles. The van der Waals surface area contributed by atoms with E-state index in [4.69, 9.17) is 19.3 Å². The van der Waals surface area contributed by atoms with E-state index < -0.39 is 11.8 Å². The average Bonchev–Trinajstić information content (AvgIpc) is 2.60. The van der Waals surface area contributed by atoms with Gasteiger partial charge in [-0.2, -0.15) is 0 Å². The summed E-state index contributed by atoms with van der Waals surface area (Å²) in [6.45, 7) is 1.65. The fourth-order valence-corrected chi connectivity index (χ4v) is 2.56. The molecule has 0 saturated carbocycles. The second-order valence-electron chi connectivity index (χ2n) is 5.24. The maximum absolute atomic E-state index is 14.5. The van der Waals surface area contributed by atoms with Gasteiger partial charge in [-0.1, -0.05) is 6.07 Å². The third-order valence-electron chi connectivity index (χ3n) is 3.76. The van der Waals surface area contributed by atoms with E-state index >= 15 is 0 Å². The Hall–Kier alpha value is -3.02. The molecule has 0 fully saturated rings. The van der Waals surface area contributed by atoms with E-state index in [2.05, 4.69) is 0 Å². The van der Waals surface area contributed by atoms with Crippen LogP contribution in [0.2, 0.25) is 0 Å². The van der Waals surface area contributed by atoms with E-state index in [0.29, 0.717) is 33.9 Å². The molecule has 0 aliphatic heterocycles. The molecule has 25 heavy (non-hydrogen) atoms. The number of carboxylic acids is 1. The van der Waals surface area contributed by atoms with E-state index in [1.807, 2.05) is 0 Å². The molecule has 0 spiro atoms. The number of halogens is 1. The van der Waals surface area contributed by atoms with Crippen molar-refractivity contribution in [3.05, 3.63) is 47.8 Å². The van der Waals surface area contributed by atoms with Crippen LogP contribution in [-0.4, -0.2) is 32.4 Å². The van der Waals surface area contributed by atoms with Crippen LogP contribution < -0.4 is 14.2 Å². The summed E-state index contributed by atoms with van der Waals surface area (Å²) in [6.07, 6.45) is 1.07. The Kier molecular flexibility index (Phi) is 5.64. The predicted molar refractivity (Wildman–Crippen MR) is 92.8 cm³/mol. The van der Waals surface area contributed by atoms with Crippen LogP contribution in [0, 0.1) is 5.82 Å². The number of ether oxygens (including phenoxy) is 3. The van der Waals surface area contributed by atoms with Gasteiger partial charge in [-0.05, 0) is 42.3 Å². The van der Waals surface area contributed by atoms with Gasteiger partial charge in [0.2, 0.25) is 5.75 Å². The number of hydrogen-bond acceptors (Lipinski definition) is 4. The lowest BCUT2D eigenvalue weighted by Gasteiger charge is -2.17. The molecule has 5 nitrogen and oxygen atoms in total. The molecular formula is C19H19FO5. The van der Waals surface area contributed by atoms with Crippen molar-refractivity contribution in [1.29, 1.82) is 0 Å². The molecule has 0 bridgehead atoms. The monoisotopic (exact) mass is 346 g/mol. The molecule has 0 radical (unpaired) electrons. The summed E-state index contributed by atoms with van der Waals surface area (Å²) in [6, 6.07) is 7.72. The lowest BCUT2D eigenvalue weighted by atomic mass is 9.97. The minimum atomic E-state index is -1.06. The van der Waals surface area contributed by atoms with E-state index in [1.165, 1.54) is 33.5 Å². The molecular weight excluding hydrogens is 327 g/mol. The minimum absolute atomic E-state index is 0.272. The van der Waals surface area contributed by atoms with E-state index in [-0.39, 0.29) is 5.56 Å². The summed E-state index contributed by atoms with van der Waals surface area (Å²) in [7, 11) is 4.42. The maximum Gasteiger partial charge on any atom is 0.328 e. The topological polar surface area (TPSA) is 65.0 Å². The van der Waals surface area contributed by atoms with Crippen molar-refractivity contribution in [1.82, 2.24) is 0 Å². The SMILES string of the molecule is COc1ccc(-c2cc(/C(C)=C/C(=O)O)ccc2F)c(OC)c1OC. The highest BCUT2D eigenvalue weighted by atomic mass is 19.1. The Morgan fingerprint density at radius 3 is 2.24 bits per heavy atom. The van der Waals surface area contributed by atoms with Crippen LogP contribution in [0.5, 0.6) is 17.2 Å². The quantitative estimate of drug-likeness (QED) is 0.801. The summed E-state index contributed by atoms with van der Waals surface area (Å²) in [5.41, 5.74) is 1.85. The minimum Gasteiger partial charge on any atom is -0.493 e. The number of aliphatic carboxylic acids is 1. The molecule has 1 N–H and O–H groups in total. The Labute approximate surface area is 145 Å². The van der Waals surface area contributed by atoms with Crippen LogP contribution in [0.3, 0.4) is 0 Å². The van der Waals surface area contributed by atoms with Gasteiger partial charge in [0, 0.05) is 17.2 Å². The van der Waals surface area contributed by atoms with E-state index in [9.17, 15) is 9.18 Å². The van der Waals surface area contributed by atoms with Crippen molar-refractivity contribution in [3.8, 4) is 28.4 Å². The lowest BCUT2D eigenvalue weighted by molar-refractivity contribution is -0.131. The Morgan fingerprint density at radius 2 is 1.68 bits per heavy atom. The molecule has 0 unspecified atom stereocenters. The number of benzene rings is 2. The summed E-state index contributed by atoms with van der Waals surface area (Å²) in [5.74, 6) is -0.381. The fraction of sp³-hybridized carbons (Fsp3) is 0.211. The summed E-state index contributed by atoms with van der Waals surface area (Å²) >= 11 is 0. The normalized spacial score (nSPS) is 11.2. The predicted octanol–water partition coefficient (Wildman–Crippen LogP) is 4.01. The number of carbonyl (C=O) groups is 1. The molecule has 2 rings (SSSR count). The van der Waals surface area contributed by atoms with Crippen molar-refractivity contribution in [3.63, 3.8) is 0 Å². The number of carboxylic acid groups (broad SMARTS) is 1. The first-order chi connectivity index (χ1) is 11.9.